The van der Waals surface area contributed by atoms with Gasteiger partial charge in [-0.25, -0.2) is 4.39 Å². The summed E-state index contributed by atoms with van der Waals surface area (Å²) < 4.78 is 19.1. The Morgan fingerprint density at radius 3 is 2.48 bits per heavy atom. The molecule has 0 aromatic heterocycles. The summed E-state index contributed by atoms with van der Waals surface area (Å²) in [6, 6.07) is 12.0. The number of halogens is 1. The minimum absolute atomic E-state index is 0.0847. The number of carboxylic acid groups (broad SMARTS) is 1. The first-order chi connectivity index (χ1) is 10.0. The Hall–Kier alpha value is -2.36. The SMILES string of the molecule is COc1cccc(CC(C(=O)O)c2ccc(C)cc2)c1F. The van der Waals surface area contributed by atoms with E-state index in [9.17, 15) is 14.3 Å². The van der Waals surface area contributed by atoms with Crippen molar-refractivity contribution in [3.8, 4) is 5.75 Å². The van der Waals surface area contributed by atoms with E-state index < -0.39 is 17.7 Å². The predicted molar refractivity (Wildman–Crippen MR) is 78.2 cm³/mol. The van der Waals surface area contributed by atoms with Crippen LogP contribution >= 0.6 is 0 Å². The van der Waals surface area contributed by atoms with Crippen molar-refractivity contribution in [3.05, 3.63) is 65.0 Å². The average molecular weight is 288 g/mol. The van der Waals surface area contributed by atoms with Crippen molar-refractivity contribution in [2.45, 2.75) is 19.3 Å². The number of carbonyl (C=O) groups is 1. The minimum Gasteiger partial charge on any atom is -0.494 e. The zero-order valence-electron chi connectivity index (χ0n) is 12.0. The minimum atomic E-state index is -0.971. The molecule has 2 rings (SSSR count). The molecular weight excluding hydrogens is 271 g/mol. The molecule has 1 N–H and O–H groups in total. The Bertz CT molecular complexity index is 635. The Balaban J connectivity index is 2.33. The second kappa shape index (κ2) is 6.39. The Labute approximate surface area is 123 Å². The highest BCUT2D eigenvalue weighted by atomic mass is 19.1. The van der Waals surface area contributed by atoms with Crippen molar-refractivity contribution in [1.82, 2.24) is 0 Å². The van der Waals surface area contributed by atoms with E-state index in [2.05, 4.69) is 0 Å². The number of aryl methyl sites for hydroxylation is 1. The maximum Gasteiger partial charge on any atom is 0.311 e. The molecular formula is C17H17FO3. The maximum atomic E-state index is 14.2. The fourth-order valence-electron chi connectivity index (χ4n) is 2.24. The van der Waals surface area contributed by atoms with Crippen LogP contribution in [-0.2, 0) is 11.2 Å². The van der Waals surface area contributed by atoms with Gasteiger partial charge >= 0.3 is 5.97 Å². The second-order valence-electron chi connectivity index (χ2n) is 4.94. The fourth-order valence-corrected chi connectivity index (χ4v) is 2.24. The predicted octanol–water partition coefficient (Wildman–Crippen LogP) is 3.55. The van der Waals surface area contributed by atoms with E-state index in [0.717, 1.165) is 5.56 Å². The summed E-state index contributed by atoms with van der Waals surface area (Å²) in [6.45, 7) is 1.93. The molecule has 3 nitrogen and oxygen atoms in total. The number of hydrogen-bond acceptors (Lipinski definition) is 2. The lowest BCUT2D eigenvalue weighted by atomic mass is 9.91. The number of ether oxygens (including phenoxy) is 1. The monoisotopic (exact) mass is 288 g/mol. The number of rotatable bonds is 5. The normalized spacial score (nSPS) is 12.0. The van der Waals surface area contributed by atoms with Gasteiger partial charge in [0.15, 0.2) is 11.6 Å². The number of benzene rings is 2. The van der Waals surface area contributed by atoms with E-state index in [0.29, 0.717) is 11.1 Å². The van der Waals surface area contributed by atoms with Crippen molar-refractivity contribution in [2.24, 2.45) is 0 Å². The molecule has 2 aromatic rings. The summed E-state index contributed by atoms with van der Waals surface area (Å²) >= 11 is 0. The van der Waals surface area contributed by atoms with Gasteiger partial charge in [0.05, 0.1) is 13.0 Å². The van der Waals surface area contributed by atoms with Gasteiger partial charge in [-0.15, -0.1) is 0 Å². The van der Waals surface area contributed by atoms with Gasteiger partial charge in [-0.05, 0) is 30.5 Å². The van der Waals surface area contributed by atoms with Crippen LogP contribution in [0.3, 0.4) is 0 Å². The third-order valence-corrected chi connectivity index (χ3v) is 3.47. The van der Waals surface area contributed by atoms with Crippen molar-refractivity contribution in [2.75, 3.05) is 7.11 Å². The summed E-state index contributed by atoms with van der Waals surface area (Å²) in [6.07, 6.45) is 0.0847. The molecule has 0 bridgehead atoms. The summed E-state index contributed by atoms with van der Waals surface area (Å²) in [7, 11) is 1.39. The molecule has 1 unspecified atom stereocenters. The molecule has 0 saturated heterocycles. The lowest BCUT2D eigenvalue weighted by molar-refractivity contribution is -0.138. The largest absolute Gasteiger partial charge is 0.494 e. The summed E-state index contributed by atoms with van der Waals surface area (Å²) in [5.74, 6) is -2.13. The molecule has 0 heterocycles. The first-order valence-corrected chi connectivity index (χ1v) is 6.63. The first-order valence-electron chi connectivity index (χ1n) is 6.63. The zero-order chi connectivity index (χ0) is 15.4. The third-order valence-electron chi connectivity index (χ3n) is 3.47. The van der Waals surface area contributed by atoms with Crippen molar-refractivity contribution >= 4 is 5.97 Å². The Morgan fingerprint density at radius 1 is 1.24 bits per heavy atom. The molecule has 110 valence electrons. The third kappa shape index (κ3) is 3.40. The van der Waals surface area contributed by atoms with E-state index in [1.165, 1.54) is 13.2 Å². The Morgan fingerprint density at radius 2 is 1.90 bits per heavy atom. The molecule has 0 saturated carbocycles. The van der Waals surface area contributed by atoms with Crippen LogP contribution in [0, 0.1) is 12.7 Å². The van der Waals surface area contributed by atoms with Crippen LogP contribution in [0.2, 0.25) is 0 Å². The highest BCUT2D eigenvalue weighted by Crippen LogP contribution is 2.27. The van der Waals surface area contributed by atoms with Gasteiger partial charge < -0.3 is 9.84 Å². The summed E-state index contributed by atoms with van der Waals surface area (Å²) in [4.78, 5) is 11.5. The van der Waals surface area contributed by atoms with E-state index in [-0.39, 0.29) is 12.2 Å². The highest BCUT2D eigenvalue weighted by molar-refractivity contribution is 5.76. The van der Waals surface area contributed by atoms with Crippen molar-refractivity contribution in [3.63, 3.8) is 0 Å². The van der Waals surface area contributed by atoms with Gasteiger partial charge in [-0.2, -0.15) is 0 Å². The van der Waals surface area contributed by atoms with Gasteiger partial charge in [-0.3, -0.25) is 4.79 Å². The van der Waals surface area contributed by atoms with Gasteiger partial charge in [0.2, 0.25) is 0 Å². The van der Waals surface area contributed by atoms with E-state index >= 15 is 0 Å². The number of carboxylic acids is 1. The summed E-state index contributed by atoms with van der Waals surface area (Å²) in [5, 5.41) is 9.42. The molecule has 0 aliphatic carbocycles. The molecule has 0 amide bonds. The molecule has 0 spiro atoms. The molecule has 4 heteroatoms. The number of methoxy groups -OCH3 is 1. The summed E-state index contributed by atoms with van der Waals surface area (Å²) in [5.41, 5.74) is 2.05. The van der Waals surface area contributed by atoms with Crippen LogP contribution < -0.4 is 4.74 Å². The van der Waals surface area contributed by atoms with E-state index in [1.54, 1.807) is 24.3 Å². The molecule has 0 aliphatic rings. The second-order valence-corrected chi connectivity index (χ2v) is 4.94. The number of hydrogen-bond donors (Lipinski definition) is 1. The van der Waals surface area contributed by atoms with Crippen molar-refractivity contribution in [1.29, 1.82) is 0 Å². The molecule has 2 aromatic carbocycles. The van der Waals surface area contributed by atoms with Crippen LogP contribution in [0.25, 0.3) is 0 Å². The van der Waals surface area contributed by atoms with Crippen molar-refractivity contribution < 1.29 is 19.0 Å². The van der Waals surface area contributed by atoms with Crippen LogP contribution in [0.1, 0.15) is 22.6 Å². The quantitative estimate of drug-likeness (QED) is 0.915. The number of aliphatic carboxylic acids is 1. The van der Waals surface area contributed by atoms with Gasteiger partial charge in [0, 0.05) is 0 Å². The fraction of sp³-hybridized carbons (Fsp3) is 0.235. The average Bonchev–Trinajstić information content (AvgIpc) is 2.47. The standard InChI is InChI=1S/C17H17FO3/c1-11-6-8-12(9-7-11)14(17(19)20)10-13-4-3-5-15(21-2)16(13)18/h3-9,14H,10H2,1-2H3,(H,19,20). The molecule has 0 aliphatic heterocycles. The van der Waals surface area contributed by atoms with E-state index in [4.69, 9.17) is 4.74 Å². The zero-order valence-corrected chi connectivity index (χ0v) is 12.0. The molecule has 21 heavy (non-hydrogen) atoms. The first kappa shape index (κ1) is 15.0. The topological polar surface area (TPSA) is 46.5 Å². The lowest BCUT2D eigenvalue weighted by Gasteiger charge is -2.14. The Kier molecular flexibility index (Phi) is 4.58. The van der Waals surface area contributed by atoms with Crippen LogP contribution in [0.4, 0.5) is 4.39 Å². The van der Waals surface area contributed by atoms with Gasteiger partial charge in [0.25, 0.3) is 0 Å². The molecule has 1 atom stereocenters. The highest BCUT2D eigenvalue weighted by Gasteiger charge is 2.22. The lowest BCUT2D eigenvalue weighted by Crippen LogP contribution is -2.15. The van der Waals surface area contributed by atoms with E-state index in [1.807, 2.05) is 19.1 Å². The van der Waals surface area contributed by atoms with Crippen LogP contribution in [0.5, 0.6) is 5.75 Å². The van der Waals surface area contributed by atoms with Crippen LogP contribution in [-0.4, -0.2) is 18.2 Å². The molecule has 0 fully saturated rings. The van der Waals surface area contributed by atoms with Crippen LogP contribution in [0.15, 0.2) is 42.5 Å². The van der Waals surface area contributed by atoms with Gasteiger partial charge in [0.1, 0.15) is 0 Å². The van der Waals surface area contributed by atoms with Gasteiger partial charge in [-0.1, -0.05) is 42.0 Å². The maximum absolute atomic E-state index is 14.2. The smallest absolute Gasteiger partial charge is 0.311 e. The molecule has 0 radical (unpaired) electrons.